The highest BCUT2D eigenvalue weighted by Gasteiger charge is 2.27. The Balaban J connectivity index is 1.98. The molecule has 0 aromatic heterocycles. The van der Waals surface area contributed by atoms with Crippen molar-refractivity contribution in [1.82, 2.24) is 4.90 Å². The molecule has 1 aromatic rings. The molecule has 23 heavy (non-hydrogen) atoms. The summed E-state index contributed by atoms with van der Waals surface area (Å²) in [4.78, 5) is 25.9. The number of rotatable bonds is 6. The average molecular weight is 392 g/mol. The van der Waals surface area contributed by atoms with Crippen LogP contribution in [0.5, 0.6) is 0 Å². The van der Waals surface area contributed by atoms with Gasteiger partial charge < -0.3 is 9.64 Å². The van der Waals surface area contributed by atoms with E-state index in [4.69, 9.17) is 27.9 Å². The fourth-order valence-corrected chi connectivity index (χ4v) is 4.48. The van der Waals surface area contributed by atoms with Gasteiger partial charge in [0.1, 0.15) is 0 Å². The number of benzene rings is 1. The lowest BCUT2D eigenvalue weighted by Gasteiger charge is -2.17. The van der Waals surface area contributed by atoms with E-state index in [2.05, 4.69) is 0 Å². The smallest absolute Gasteiger partial charge is 0.333 e. The van der Waals surface area contributed by atoms with E-state index in [0.29, 0.717) is 39.7 Å². The van der Waals surface area contributed by atoms with Gasteiger partial charge in [0, 0.05) is 17.2 Å². The molecule has 1 heterocycles. The molecule has 0 spiro atoms. The van der Waals surface area contributed by atoms with Crippen molar-refractivity contribution in [3.8, 4) is 0 Å². The van der Waals surface area contributed by atoms with Crippen LogP contribution in [0, 0.1) is 0 Å². The van der Waals surface area contributed by atoms with Gasteiger partial charge in [-0.15, -0.1) is 11.8 Å². The molecule has 0 saturated carbocycles. The molecular formula is C15H15Cl2NO3S2. The van der Waals surface area contributed by atoms with E-state index in [1.807, 2.05) is 0 Å². The number of nitrogens with zero attached hydrogens (tertiary/aromatic N) is 1. The first-order chi connectivity index (χ1) is 11.0. The Labute approximate surface area is 153 Å². The summed E-state index contributed by atoms with van der Waals surface area (Å²) < 4.78 is 4.89. The van der Waals surface area contributed by atoms with Crippen molar-refractivity contribution in [3.63, 3.8) is 0 Å². The predicted molar refractivity (Wildman–Crippen MR) is 96.1 cm³/mol. The SMILES string of the molecule is CCOC(=O)/C=C1\SCC(=O)N1CCSc1c(Cl)cccc1Cl. The number of hydrogen-bond donors (Lipinski definition) is 0. The van der Waals surface area contributed by atoms with Crippen molar-refractivity contribution in [2.24, 2.45) is 0 Å². The number of esters is 1. The van der Waals surface area contributed by atoms with Crippen LogP contribution >= 0.6 is 46.7 Å². The maximum Gasteiger partial charge on any atom is 0.333 e. The van der Waals surface area contributed by atoms with E-state index in [1.165, 1.54) is 29.6 Å². The maximum atomic E-state index is 12.0. The molecule has 1 aliphatic heterocycles. The lowest BCUT2D eigenvalue weighted by atomic mass is 10.4. The molecule has 1 amide bonds. The molecule has 124 valence electrons. The fraction of sp³-hybridized carbons (Fsp3) is 0.333. The molecule has 0 unspecified atom stereocenters. The molecule has 0 atom stereocenters. The molecular weight excluding hydrogens is 377 g/mol. The summed E-state index contributed by atoms with van der Waals surface area (Å²) in [6.07, 6.45) is 1.37. The van der Waals surface area contributed by atoms with Crippen LogP contribution in [-0.4, -0.2) is 41.4 Å². The average Bonchev–Trinajstić information content (AvgIpc) is 2.83. The number of halogens is 2. The van der Waals surface area contributed by atoms with Gasteiger partial charge in [-0.25, -0.2) is 4.79 Å². The lowest BCUT2D eigenvalue weighted by Crippen LogP contribution is -2.27. The molecule has 1 saturated heterocycles. The van der Waals surface area contributed by atoms with Gasteiger partial charge in [0.2, 0.25) is 5.91 Å². The lowest BCUT2D eigenvalue weighted by molar-refractivity contribution is -0.137. The Morgan fingerprint density at radius 1 is 1.43 bits per heavy atom. The Bertz CT molecular complexity index is 617. The molecule has 2 rings (SSSR count). The highest BCUT2D eigenvalue weighted by atomic mass is 35.5. The first-order valence-electron chi connectivity index (χ1n) is 6.91. The zero-order chi connectivity index (χ0) is 16.8. The second kappa shape index (κ2) is 8.87. The van der Waals surface area contributed by atoms with E-state index >= 15 is 0 Å². The first-order valence-corrected chi connectivity index (χ1v) is 9.64. The van der Waals surface area contributed by atoms with Crippen LogP contribution < -0.4 is 0 Å². The predicted octanol–water partition coefficient (Wildman–Crippen LogP) is 4.07. The summed E-state index contributed by atoms with van der Waals surface area (Å²) in [6.45, 7) is 2.52. The highest BCUT2D eigenvalue weighted by Crippen LogP contribution is 2.35. The number of hydrogen-bond acceptors (Lipinski definition) is 5. The van der Waals surface area contributed by atoms with Crippen LogP contribution in [0.3, 0.4) is 0 Å². The Morgan fingerprint density at radius 2 is 2.13 bits per heavy atom. The maximum absolute atomic E-state index is 12.0. The molecule has 0 aliphatic carbocycles. The zero-order valence-corrected chi connectivity index (χ0v) is 15.5. The Morgan fingerprint density at radius 3 is 2.78 bits per heavy atom. The van der Waals surface area contributed by atoms with Gasteiger partial charge >= 0.3 is 5.97 Å². The van der Waals surface area contributed by atoms with E-state index < -0.39 is 5.97 Å². The van der Waals surface area contributed by atoms with E-state index in [1.54, 1.807) is 30.0 Å². The summed E-state index contributed by atoms with van der Waals surface area (Å²) >= 11 is 15.1. The van der Waals surface area contributed by atoms with Crippen molar-refractivity contribution in [2.75, 3.05) is 24.7 Å². The van der Waals surface area contributed by atoms with Gasteiger partial charge in [-0.2, -0.15) is 0 Å². The second-order valence-electron chi connectivity index (χ2n) is 4.47. The number of amides is 1. The third kappa shape index (κ3) is 5.08. The molecule has 1 aliphatic rings. The van der Waals surface area contributed by atoms with Gasteiger partial charge in [0.25, 0.3) is 0 Å². The number of thioether (sulfide) groups is 2. The normalized spacial score (nSPS) is 16.2. The summed E-state index contributed by atoms with van der Waals surface area (Å²) in [7, 11) is 0. The fourth-order valence-electron chi connectivity index (χ4n) is 1.91. The van der Waals surface area contributed by atoms with Gasteiger partial charge in [-0.05, 0) is 19.1 Å². The summed E-state index contributed by atoms with van der Waals surface area (Å²) in [5.74, 6) is 0.506. The van der Waals surface area contributed by atoms with E-state index in [-0.39, 0.29) is 5.91 Å². The van der Waals surface area contributed by atoms with Gasteiger partial charge in [0.15, 0.2) is 0 Å². The van der Waals surface area contributed by atoms with Crippen LogP contribution in [0.15, 0.2) is 34.2 Å². The van der Waals surface area contributed by atoms with Gasteiger partial charge in [-0.1, -0.05) is 41.0 Å². The summed E-state index contributed by atoms with van der Waals surface area (Å²) in [5, 5.41) is 1.80. The van der Waals surface area contributed by atoms with Crippen molar-refractivity contribution in [2.45, 2.75) is 11.8 Å². The monoisotopic (exact) mass is 391 g/mol. The molecule has 0 N–H and O–H groups in total. The first kappa shape index (κ1) is 18.5. The second-order valence-corrected chi connectivity index (χ2v) is 7.38. The zero-order valence-electron chi connectivity index (χ0n) is 12.4. The number of ether oxygens (including phenoxy) is 1. The Kier molecular flexibility index (Phi) is 7.14. The highest BCUT2D eigenvalue weighted by molar-refractivity contribution is 8.04. The summed E-state index contributed by atoms with van der Waals surface area (Å²) in [5.41, 5.74) is 0. The third-order valence-corrected chi connectivity index (χ3v) is 5.91. The van der Waals surface area contributed by atoms with Crippen LogP contribution in [0.4, 0.5) is 0 Å². The number of carbonyl (C=O) groups excluding carboxylic acids is 2. The van der Waals surface area contributed by atoms with Crippen LogP contribution in [0.1, 0.15) is 6.92 Å². The van der Waals surface area contributed by atoms with E-state index in [0.717, 1.165) is 4.90 Å². The molecule has 0 radical (unpaired) electrons. The van der Waals surface area contributed by atoms with Crippen molar-refractivity contribution >= 4 is 58.6 Å². The van der Waals surface area contributed by atoms with Crippen molar-refractivity contribution in [1.29, 1.82) is 0 Å². The van der Waals surface area contributed by atoms with Crippen LogP contribution in [-0.2, 0) is 14.3 Å². The van der Waals surface area contributed by atoms with Crippen molar-refractivity contribution in [3.05, 3.63) is 39.3 Å². The van der Waals surface area contributed by atoms with Crippen LogP contribution in [0.25, 0.3) is 0 Å². The molecule has 8 heteroatoms. The molecule has 0 bridgehead atoms. The standard InChI is InChI=1S/C15H15Cl2NO3S2/c1-2-21-14(20)8-13-18(12(19)9-23-13)6-7-22-15-10(16)4-3-5-11(15)17/h3-5,8H,2,6-7,9H2,1H3/b13-8-. The third-order valence-electron chi connectivity index (χ3n) is 2.92. The largest absolute Gasteiger partial charge is 0.463 e. The molecule has 1 fully saturated rings. The van der Waals surface area contributed by atoms with E-state index in [9.17, 15) is 9.59 Å². The van der Waals surface area contributed by atoms with Gasteiger partial charge in [0.05, 0.1) is 33.5 Å². The topological polar surface area (TPSA) is 46.6 Å². The van der Waals surface area contributed by atoms with Crippen molar-refractivity contribution < 1.29 is 14.3 Å². The minimum Gasteiger partial charge on any atom is -0.463 e. The van der Waals surface area contributed by atoms with Crippen LogP contribution in [0.2, 0.25) is 10.0 Å². The summed E-state index contributed by atoms with van der Waals surface area (Å²) in [6, 6.07) is 5.34. The number of carbonyl (C=O) groups is 2. The minimum atomic E-state index is -0.434. The molecule has 4 nitrogen and oxygen atoms in total. The Hall–Kier alpha value is -0.820. The van der Waals surface area contributed by atoms with Gasteiger partial charge in [-0.3, -0.25) is 4.79 Å². The minimum absolute atomic E-state index is 0.0172. The molecule has 1 aromatic carbocycles. The quantitative estimate of drug-likeness (QED) is 0.415.